The molecule has 7 atom stereocenters. The number of unbranched alkanes of at least 4 members (excludes halogenated alkanes) is 6. The van der Waals surface area contributed by atoms with E-state index in [2.05, 4.69) is 25.8 Å². The number of carboxylic acid groups (broad SMARTS) is 9. The van der Waals surface area contributed by atoms with Gasteiger partial charge < -0.3 is 114 Å². The number of likely N-dealkylation sites (tertiary alicyclic amines) is 1. The summed E-state index contributed by atoms with van der Waals surface area (Å²) in [7, 11) is -1.01. The van der Waals surface area contributed by atoms with E-state index in [0.717, 1.165) is 45.3 Å². The molecule has 0 bridgehead atoms. The summed E-state index contributed by atoms with van der Waals surface area (Å²) in [5.41, 5.74) is -1.71. The van der Waals surface area contributed by atoms with E-state index in [4.69, 9.17) is 51.5 Å². The SMILES string of the molecule is CO[P+](=O)OCCOCCOCCOCCOCCOCCOPOCCCCCCSC1CC(=O)N(CCC(=O)NC(COCCC(=O)NCCCCC(C(=O)O)N(CC(=O)O)CC(=O)O)(COCCC(=O)NCCCCC(C(=O)O)N(CC(=O)O)CC(=O)O)COCCC(O)NCCCCC(C(=O)O)N(CC(=O)O)CC(=O)O)C1=O. The zero-order chi connectivity index (χ0) is 87.0. The average Bonchev–Trinajstić information content (AvgIpc) is 1.72. The van der Waals surface area contributed by atoms with Crippen molar-refractivity contribution in [1.29, 1.82) is 0 Å². The molecule has 5 amide bonds. The lowest BCUT2D eigenvalue weighted by atomic mass is 10.0. The van der Waals surface area contributed by atoms with Crippen molar-refractivity contribution < 1.29 is 179 Å². The van der Waals surface area contributed by atoms with E-state index in [1.54, 1.807) is 0 Å². The number of carboxylic acids is 9. The molecule has 1 aliphatic rings. The standard InChI is InChI=1S/C69H118N8O37P2S/c1-103-116(102)114-38-36-108-34-32-106-30-28-104-27-29-105-31-33-107-35-37-113-115-112-23-10-2-3-11-39-117-53-40-58(82)77(65(53)95)22-15-57(81)73-69(47-109-24-16-54(78)70-19-7-4-12-50(66(96)97)74(41-59(83)84)42-60(85)86,48-110-25-17-55(79)71-20-8-5-13-51(67(98)99)75(43-61(87)88)44-62(89)90)49-111-26-18-56(80)72-21-9-6-14-52(68(100)101)76(45-63(91)92)46-64(93)94/h50-54,70,78,115H,2-49H2,1H3,(H11-,71,72,73,79,80,81,83,84,85,86,87,88,89,90,91,92,93,94,96,97,98,99,100,101)/p+1. The van der Waals surface area contributed by atoms with Crippen LogP contribution in [0, 0.1) is 0 Å². The first-order valence-electron chi connectivity index (χ1n) is 38.1. The van der Waals surface area contributed by atoms with Crippen molar-refractivity contribution >= 4 is 112 Å². The Bertz CT molecular complexity index is 2830. The van der Waals surface area contributed by atoms with E-state index in [9.17, 15) is 123 Å². The van der Waals surface area contributed by atoms with Crippen LogP contribution in [0.1, 0.15) is 116 Å². The molecule has 1 aliphatic heterocycles. The molecule has 0 radical (unpaired) electrons. The fourth-order valence-electron chi connectivity index (χ4n) is 11.1. The molecular formula is C69H119N8O37P2S+. The summed E-state index contributed by atoms with van der Waals surface area (Å²) in [6, 6.07) is -4.37. The van der Waals surface area contributed by atoms with Crippen molar-refractivity contribution in [3.63, 3.8) is 0 Å². The molecule has 0 aliphatic carbocycles. The van der Waals surface area contributed by atoms with Crippen molar-refractivity contribution in [2.45, 2.75) is 151 Å². The predicted molar refractivity (Wildman–Crippen MR) is 409 cm³/mol. The fourth-order valence-corrected chi connectivity index (χ4v) is 13.1. The van der Waals surface area contributed by atoms with Gasteiger partial charge in [0.25, 0.3) is 0 Å². The number of aliphatic hydroxyl groups excluding tert-OH is 1. The van der Waals surface area contributed by atoms with Crippen LogP contribution in [0.5, 0.6) is 0 Å². The van der Waals surface area contributed by atoms with Gasteiger partial charge in [-0.15, -0.1) is 20.8 Å². The summed E-state index contributed by atoms with van der Waals surface area (Å²) in [6.07, 6.45) is 1.19. The van der Waals surface area contributed by atoms with Crippen LogP contribution in [0.3, 0.4) is 0 Å². The van der Waals surface area contributed by atoms with Crippen LogP contribution in [-0.2, 0) is 128 Å². The molecule has 7 unspecified atom stereocenters. The van der Waals surface area contributed by atoms with Gasteiger partial charge in [-0.3, -0.25) is 92.0 Å². The van der Waals surface area contributed by atoms with E-state index in [1.807, 2.05) is 0 Å². The van der Waals surface area contributed by atoms with Crippen molar-refractivity contribution in [3.8, 4) is 0 Å². The molecule has 672 valence electrons. The molecule has 0 aromatic carbocycles. The van der Waals surface area contributed by atoms with Gasteiger partial charge in [-0.2, -0.15) is 0 Å². The molecule has 1 rings (SSSR count). The van der Waals surface area contributed by atoms with E-state index in [0.29, 0.717) is 78.4 Å². The van der Waals surface area contributed by atoms with Crippen LogP contribution >= 0.6 is 29.1 Å². The fraction of sp³-hybridized carbons (Fsp3) is 0.797. The maximum Gasteiger partial charge on any atom is 0.697 e. The molecule has 1 saturated heterocycles. The smallest absolute Gasteiger partial charge is 0.480 e. The van der Waals surface area contributed by atoms with Gasteiger partial charge in [0.1, 0.15) is 36.5 Å². The number of hydrogen-bond acceptors (Lipinski definition) is 33. The Hall–Kier alpha value is -7.02. The number of carbonyl (C=O) groups is 14. The number of thioether (sulfide) groups is 1. The van der Waals surface area contributed by atoms with Crippen LogP contribution < -0.4 is 21.3 Å². The van der Waals surface area contributed by atoms with Gasteiger partial charge in [0.15, 0.2) is 9.03 Å². The minimum atomic E-state index is -2.12. The topological polar surface area (TPSA) is 630 Å². The third-order valence-corrected chi connectivity index (χ3v) is 19.3. The Labute approximate surface area is 683 Å². The molecule has 1 fully saturated rings. The van der Waals surface area contributed by atoms with Crippen LogP contribution in [0.25, 0.3) is 0 Å². The molecule has 14 N–H and O–H groups in total. The minimum absolute atomic E-state index is 0.00781. The number of nitrogens with one attached hydrogen (secondary N) is 4. The normalized spacial score (nSPS) is 14.7. The van der Waals surface area contributed by atoms with Crippen LogP contribution in [-0.4, -0.2) is 393 Å². The quantitative estimate of drug-likeness (QED) is 0.0154. The Morgan fingerprint density at radius 1 is 0.462 bits per heavy atom. The Kier molecular flexibility index (Phi) is 62.5. The largest absolute Gasteiger partial charge is 0.697 e. The molecule has 48 heteroatoms. The summed E-state index contributed by atoms with van der Waals surface area (Å²) < 4.78 is 76.6. The zero-order valence-corrected chi connectivity index (χ0v) is 68.7. The maximum absolute atomic E-state index is 14.2. The Morgan fingerprint density at radius 2 is 0.846 bits per heavy atom. The molecule has 45 nitrogen and oxygen atoms in total. The highest BCUT2D eigenvalue weighted by Crippen LogP contribution is 2.27. The van der Waals surface area contributed by atoms with Crippen molar-refractivity contribution in [3.05, 3.63) is 0 Å². The number of nitrogens with zero attached hydrogens (tertiary/aromatic N) is 4. The molecular weight excluding hydrogens is 1630 g/mol. The molecule has 0 saturated carbocycles. The highest BCUT2D eigenvalue weighted by atomic mass is 32.2. The number of amides is 5. The third-order valence-electron chi connectivity index (χ3n) is 16.7. The zero-order valence-electron chi connectivity index (χ0n) is 66.0. The summed E-state index contributed by atoms with van der Waals surface area (Å²) in [5, 5.41) is 106. The summed E-state index contributed by atoms with van der Waals surface area (Å²) in [4.78, 5) is 175. The molecule has 0 aromatic heterocycles. The number of aliphatic carboxylic acids is 9. The summed E-state index contributed by atoms with van der Waals surface area (Å²) >= 11 is 1.32. The van der Waals surface area contributed by atoms with Crippen molar-refractivity contribution in [2.75, 3.05) is 204 Å². The van der Waals surface area contributed by atoms with Gasteiger partial charge >= 0.3 is 62.0 Å². The first-order chi connectivity index (χ1) is 55.9. The highest BCUT2D eigenvalue weighted by molar-refractivity contribution is 8.00. The van der Waals surface area contributed by atoms with Crippen LogP contribution in [0.4, 0.5) is 0 Å². The number of rotatable bonds is 83. The first-order valence-corrected chi connectivity index (χ1v) is 41.0. The number of aliphatic hydroxyl groups is 1. The lowest BCUT2D eigenvalue weighted by molar-refractivity contribution is -0.152. The van der Waals surface area contributed by atoms with E-state index in [1.165, 1.54) is 18.9 Å². The summed E-state index contributed by atoms with van der Waals surface area (Å²) in [6.45, 7) is -3.02. The number of ether oxygens (including phenoxy) is 8. The van der Waals surface area contributed by atoms with Gasteiger partial charge in [0, 0.05) is 56.3 Å². The van der Waals surface area contributed by atoms with Crippen molar-refractivity contribution in [1.82, 2.24) is 40.9 Å². The van der Waals surface area contributed by atoms with E-state index < -0.39 is 192 Å². The Balaban J connectivity index is 3.06. The van der Waals surface area contributed by atoms with E-state index in [-0.39, 0.29) is 152 Å². The van der Waals surface area contributed by atoms with Crippen LogP contribution in [0.2, 0.25) is 0 Å². The van der Waals surface area contributed by atoms with E-state index >= 15 is 0 Å². The third kappa shape index (κ3) is 57.0. The minimum Gasteiger partial charge on any atom is -0.480 e. The molecule has 1 heterocycles. The number of hydrogen-bond donors (Lipinski definition) is 14. The molecule has 0 spiro atoms. The maximum atomic E-state index is 14.2. The molecule has 117 heavy (non-hydrogen) atoms. The van der Waals surface area contributed by atoms with Gasteiger partial charge in [-0.1, -0.05) is 19.3 Å². The van der Waals surface area contributed by atoms with Gasteiger partial charge in [0.2, 0.25) is 29.5 Å². The highest BCUT2D eigenvalue weighted by Gasteiger charge is 2.40. The van der Waals surface area contributed by atoms with Gasteiger partial charge in [-0.25, -0.2) is 0 Å². The van der Waals surface area contributed by atoms with Gasteiger partial charge in [-0.05, 0) is 76.5 Å². The van der Waals surface area contributed by atoms with Gasteiger partial charge in [0.05, 0.1) is 171 Å². The Morgan fingerprint density at radius 3 is 1.26 bits per heavy atom. The lowest BCUT2D eigenvalue weighted by Crippen LogP contribution is -2.59. The van der Waals surface area contributed by atoms with Crippen molar-refractivity contribution in [2.24, 2.45) is 0 Å². The predicted octanol–water partition coefficient (Wildman–Crippen LogP) is -0.758. The number of carbonyl (C=O) groups excluding carboxylic acids is 5. The molecule has 0 aromatic rings. The van der Waals surface area contributed by atoms with Crippen LogP contribution in [0.15, 0.2) is 0 Å². The number of imide groups is 1. The second-order valence-corrected chi connectivity index (χ2v) is 29.4. The monoisotopic (exact) mass is 1750 g/mol. The lowest BCUT2D eigenvalue weighted by Gasteiger charge is -2.34. The first kappa shape index (κ1) is 108. The summed E-state index contributed by atoms with van der Waals surface area (Å²) in [5.74, 6) is -15.3. The second kappa shape index (κ2) is 67.7. The average molecular weight is 1750 g/mol. The second-order valence-electron chi connectivity index (χ2n) is 26.3.